The van der Waals surface area contributed by atoms with Crippen LogP contribution in [0.25, 0.3) is 5.69 Å². The highest BCUT2D eigenvalue weighted by Gasteiger charge is 2.24. The van der Waals surface area contributed by atoms with Crippen molar-refractivity contribution in [1.82, 2.24) is 14.7 Å². The minimum atomic E-state index is -0.468. The number of nitro groups is 1. The van der Waals surface area contributed by atoms with Crippen molar-refractivity contribution in [2.45, 2.75) is 13.0 Å². The maximum absolute atomic E-state index is 12.7. The van der Waals surface area contributed by atoms with Gasteiger partial charge in [-0.1, -0.05) is 18.2 Å². The van der Waals surface area contributed by atoms with Gasteiger partial charge in [0, 0.05) is 37.1 Å². The first kappa shape index (κ1) is 20.5. The number of carbonyl (C=O) groups excluding carboxylic acids is 1. The molecule has 9 heteroatoms. The van der Waals surface area contributed by atoms with E-state index in [2.05, 4.69) is 10.4 Å². The molecule has 4 rings (SSSR count). The van der Waals surface area contributed by atoms with Crippen molar-refractivity contribution in [2.24, 2.45) is 0 Å². The van der Waals surface area contributed by atoms with Gasteiger partial charge in [0.15, 0.2) is 0 Å². The highest BCUT2D eigenvalue weighted by Crippen LogP contribution is 2.31. The van der Waals surface area contributed by atoms with Crippen LogP contribution in [0, 0.1) is 10.1 Å². The molecule has 1 aliphatic rings. The molecule has 160 valence electrons. The van der Waals surface area contributed by atoms with Crippen molar-refractivity contribution in [3.63, 3.8) is 0 Å². The number of benzene rings is 2. The highest BCUT2D eigenvalue weighted by atomic mass is 16.6. The van der Waals surface area contributed by atoms with Crippen LogP contribution in [0.3, 0.4) is 0 Å². The number of nitrogens with one attached hydrogen (secondary N) is 1. The first-order valence-electron chi connectivity index (χ1n) is 10.1. The summed E-state index contributed by atoms with van der Waals surface area (Å²) in [7, 11) is 0. The minimum absolute atomic E-state index is 0.137. The van der Waals surface area contributed by atoms with Gasteiger partial charge in [-0.25, -0.2) is 4.68 Å². The van der Waals surface area contributed by atoms with Crippen molar-refractivity contribution < 1.29 is 14.5 Å². The number of hydrogen-bond acceptors (Lipinski definition) is 6. The number of ether oxygens (including phenoxy) is 1. The quantitative estimate of drug-likeness (QED) is 0.483. The molecule has 0 radical (unpaired) electrons. The summed E-state index contributed by atoms with van der Waals surface area (Å²) < 4.78 is 7.03. The lowest BCUT2D eigenvalue weighted by Gasteiger charge is -2.27. The SMILES string of the molecule is CC(Nc1ccc(C(=O)N2CCOCC2)cc1[N+](=O)[O-])c1ccccc1-n1cccn1. The van der Waals surface area contributed by atoms with Crippen molar-refractivity contribution >= 4 is 17.3 Å². The Morgan fingerprint density at radius 3 is 2.68 bits per heavy atom. The number of para-hydroxylation sites is 1. The number of amides is 1. The fourth-order valence-electron chi connectivity index (χ4n) is 3.67. The monoisotopic (exact) mass is 421 g/mol. The van der Waals surface area contributed by atoms with Crippen LogP contribution in [0.15, 0.2) is 60.9 Å². The molecule has 0 saturated carbocycles. The summed E-state index contributed by atoms with van der Waals surface area (Å²) in [6.45, 7) is 3.84. The van der Waals surface area contributed by atoms with Crippen LogP contribution in [0.4, 0.5) is 11.4 Å². The van der Waals surface area contributed by atoms with E-state index in [-0.39, 0.29) is 17.6 Å². The molecule has 1 N–H and O–H groups in total. The average molecular weight is 421 g/mol. The number of nitrogens with zero attached hydrogens (tertiary/aromatic N) is 4. The Hall–Kier alpha value is -3.72. The van der Waals surface area contributed by atoms with Gasteiger partial charge in [0.05, 0.1) is 29.9 Å². The highest BCUT2D eigenvalue weighted by molar-refractivity contribution is 5.95. The lowest BCUT2D eigenvalue weighted by Crippen LogP contribution is -2.40. The molecular weight excluding hydrogens is 398 g/mol. The Balaban J connectivity index is 1.60. The molecule has 1 fully saturated rings. The van der Waals surface area contributed by atoms with Gasteiger partial charge in [0.1, 0.15) is 5.69 Å². The second-order valence-electron chi connectivity index (χ2n) is 7.27. The molecule has 0 spiro atoms. The third-order valence-corrected chi connectivity index (χ3v) is 5.27. The van der Waals surface area contributed by atoms with Gasteiger partial charge in [0.2, 0.25) is 0 Å². The summed E-state index contributed by atoms with van der Waals surface area (Å²) in [4.78, 5) is 25.7. The first-order valence-corrected chi connectivity index (χ1v) is 10.1. The summed E-state index contributed by atoms with van der Waals surface area (Å²) in [6, 6.07) is 13.9. The minimum Gasteiger partial charge on any atom is -0.378 e. The van der Waals surface area contributed by atoms with E-state index in [0.717, 1.165) is 11.3 Å². The van der Waals surface area contributed by atoms with E-state index >= 15 is 0 Å². The molecule has 3 aromatic rings. The summed E-state index contributed by atoms with van der Waals surface area (Å²) in [5.74, 6) is -0.227. The Morgan fingerprint density at radius 2 is 1.97 bits per heavy atom. The van der Waals surface area contributed by atoms with Gasteiger partial charge >= 0.3 is 0 Å². The summed E-state index contributed by atoms with van der Waals surface area (Å²) in [6.07, 6.45) is 3.55. The molecule has 1 unspecified atom stereocenters. The Bertz CT molecular complexity index is 1080. The van der Waals surface area contributed by atoms with Crippen LogP contribution in [0.2, 0.25) is 0 Å². The fourth-order valence-corrected chi connectivity index (χ4v) is 3.67. The number of morpholine rings is 1. The molecule has 1 saturated heterocycles. The van der Waals surface area contributed by atoms with Crippen LogP contribution in [-0.2, 0) is 4.74 Å². The smallest absolute Gasteiger partial charge is 0.293 e. The van der Waals surface area contributed by atoms with E-state index in [1.54, 1.807) is 27.9 Å². The maximum atomic E-state index is 12.7. The van der Waals surface area contributed by atoms with Gasteiger partial charge in [-0.05, 0) is 36.8 Å². The van der Waals surface area contributed by atoms with E-state index in [4.69, 9.17) is 4.74 Å². The van der Waals surface area contributed by atoms with Crippen molar-refractivity contribution in [2.75, 3.05) is 31.6 Å². The van der Waals surface area contributed by atoms with Crippen LogP contribution in [-0.4, -0.2) is 51.8 Å². The number of nitro benzene ring substituents is 1. The predicted molar refractivity (Wildman–Crippen MR) is 115 cm³/mol. The predicted octanol–water partition coefficient (Wildman–Crippen LogP) is 3.43. The molecule has 0 aliphatic carbocycles. The number of hydrogen-bond donors (Lipinski definition) is 1. The topological polar surface area (TPSA) is 103 Å². The molecule has 9 nitrogen and oxygen atoms in total. The zero-order chi connectivity index (χ0) is 21.8. The number of carbonyl (C=O) groups is 1. The summed E-state index contributed by atoms with van der Waals surface area (Å²) >= 11 is 0. The third kappa shape index (κ3) is 4.41. The molecule has 1 atom stereocenters. The number of rotatable bonds is 6. The van der Waals surface area contributed by atoms with Crippen molar-refractivity contribution in [1.29, 1.82) is 0 Å². The van der Waals surface area contributed by atoms with Crippen molar-refractivity contribution in [3.05, 3.63) is 82.2 Å². The molecule has 1 aromatic heterocycles. The van der Waals surface area contributed by atoms with Gasteiger partial charge in [-0.2, -0.15) is 5.10 Å². The van der Waals surface area contributed by atoms with Crippen LogP contribution >= 0.6 is 0 Å². The van der Waals surface area contributed by atoms with E-state index in [9.17, 15) is 14.9 Å². The summed E-state index contributed by atoms with van der Waals surface area (Å²) in [5, 5.41) is 19.3. The van der Waals surface area contributed by atoms with E-state index in [0.29, 0.717) is 37.6 Å². The number of aromatic nitrogens is 2. The molecule has 1 aliphatic heterocycles. The Kier molecular flexibility index (Phi) is 5.94. The van der Waals surface area contributed by atoms with E-state index in [1.807, 2.05) is 43.5 Å². The second kappa shape index (κ2) is 8.97. The largest absolute Gasteiger partial charge is 0.378 e. The van der Waals surface area contributed by atoms with Crippen molar-refractivity contribution in [3.8, 4) is 5.69 Å². The molecule has 31 heavy (non-hydrogen) atoms. The maximum Gasteiger partial charge on any atom is 0.293 e. The zero-order valence-electron chi connectivity index (χ0n) is 17.1. The Labute approximate surface area is 179 Å². The van der Waals surface area contributed by atoms with Gasteiger partial charge in [-0.15, -0.1) is 0 Å². The first-order chi connectivity index (χ1) is 15.0. The van der Waals surface area contributed by atoms with Crippen LogP contribution in [0.5, 0.6) is 0 Å². The molecule has 1 amide bonds. The lowest BCUT2D eigenvalue weighted by atomic mass is 10.0. The van der Waals surface area contributed by atoms with Gasteiger partial charge in [-0.3, -0.25) is 14.9 Å². The fraction of sp³-hybridized carbons (Fsp3) is 0.273. The van der Waals surface area contributed by atoms with E-state index in [1.165, 1.54) is 6.07 Å². The van der Waals surface area contributed by atoms with E-state index < -0.39 is 4.92 Å². The third-order valence-electron chi connectivity index (χ3n) is 5.27. The average Bonchev–Trinajstić information content (AvgIpc) is 3.34. The van der Waals surface area contributed by atoms with Gasteiger partial charge in [0.25, 0.3) is 11.6 Å². The molecular formula is C22H23N5O4. The molecule has 0 bridgehead atoms. The van der Waals surface area contributed by atoms with Gasteiger partial charge < -0.3 is 15.0 Å². The van der Waals surface area contributed by atoms with Crippen LogP contribution < -0.4 is 5.32 Å². The molecule has 2 aromatic carbocycles. The lowest BCUT2D eigenvalue weighted by molar-refractivity contribution is -0.384. The Morgan fingerprint density at radius 1 is 1.19 bits per heavy atom. The summed E-state index contributed by atoms with van der Waals surface area (Å²) in [5.41, 5.74) is 2.33. The standard InChI is InChI=1S/C22H23N5O4/c1-16(18-5-2-3-6-20(18)26-10-4-9-23-26)24-19-8-7-17(15-21(19)27(29)30)22(28)25-11-13-31-14-12-25/h2-10,15-16,24H,11-14H2,1H3. The molecule has 2 heterocycles. The van der Waals surface area contributed by atoms with Crippen LogP contribution in [0.1, 0.15) is 28.9 Å². The normalized spacial score (nSPS) is 14.8. The zero-order valence-corrected chi connectivity index (χ0v) is 17.1. The number of anilines is 1. The second-order valence-corrected chi connectivity index (χ2v) is 7.27.